The molecule has 0 spiro atoms. The Kier molecular flexibility index (Phi) is 7.15. The minimum Gasteiger partial charge on any atom is -0.444 e. The molecule has 2 saturated heterocycles. The van der Waals surface area contributed by atoms with Crippen molar-refractivity contribution in [2.24, 2.45) is 0 Å². The molecule has 0 unspecified atom stereocenters. The van der Waals surface area contributed by atoms with Gasteiger partial charge in [-0.05, 0) is 98.9 Å². The average Bonchev–Trinajstić information content (AvgIpc) is 3.39. The van der Waals surface area contributed by atoms with Gasteiger partial charge in [-0.3, -0.25) is 4.98 Å². The molecule has 7 nitrogen and oxygen atoms in total. The molecule has 0 saturated carbocycles. The smallest absolute Gasteiger partial charge is 0.410 e. The molecule has 1 amide bonds. The first-order valence-corrected chi connectivity index (χ1v) is 13.2. The minimum absolute atomic E-state index is 0.0194. The lowest BCUT2D eigenvalue weighted by molar-refractivity contribution is 0.0222. The van der Waals surface area contributed by atoms with Crippen molar-refractivity contribution in [1.82, 2.24) is 14.9 Å². The van der Waals surface area contributed by atoms with Gasteiger partial charge >= 0.3 is 6.09 Å². The van der Waals surface area contributed by atoms with Gasteiger partial charge in [0.2, 0.25) is 0 Å². The molecule has 2 aliphatic heterocycles. The molecule has 3 aromatic rings. The Morgan fingerprint density at radius 1 is 1.00 bits per heavy atom. The third kappa shape index (κ3) is 5.62. The fourth-order valence-electron chi connectivity index (χ4n) is 5.45. The summed E-state index contributed by atoms with van der Waals surface area (Å²) in [5.41, 5.74) is 12.1. The predicted molar refractivity (Wildman–Crippen MR) is 145 cm³/mol. The first-order valence-electron chi connectivity index (χ1n) is 13.2. The lowest BCUT2D eigenvalue weighted by Crippen LogP contribution is -2.36. The van der Waals surface area contributed by atoms with E-state index in [0.717, 1.165) is 61.2 Å². The van der Waals surface area contributed by atoms with Gasteiger partial charge in [0.1, 0.15) is 11.4 Å². The molecule has 1 aromatic carbocycles. The molecule has 2 aliphatic rings. The quantitative estimate of drug-likeness (QED) is 0.448. The number of carbonyl (C=O) groups is 1. The number of amides is 1. The number of benzene rings is 1. The van der Waals surface area contributed by atoms with Crippen LogP contribution in [0.1, 0.15) is 69.5 Å². The molecule has 2 fully saturated rings. The summed E-state index contributed by atoms with van der Waals surface area (Å²) < 4.78 is 11.4. The van der Waals surface area contributed by atoms with Gasteiger partial charge in [-0.15, -0.1) is 0 Å². The number of nitrogens with zero attached hydrogens (tertiary/aromatic N) is 3. The largest absolute Gasteiger partial charge is 0.444 e. The first-order chi connectivity index (χ1) is 17.8. The Labute approximate surface area is 219 Å². The van der Waals surface area contributed by atoms with Crippen LogP contribution in [0, 0.1) is 0 Å². The second-order valence-electron chi connectivity index (χ2n) is 11.0. The highest BCUT2D eigenvalue weighted by atomic mass is 16.6. The molecule has 7 heteroatoms. The van der Waals surface area contributed by atoms with Gasteiger partial charge in [0.05, 0.1) is 6.04 Å². The minimum atomic E-state index is -0.533. The number of likely N-dealkylation sites (tertiary alicyclic amines) is 1. The zero-order valence-corrected chi connectivity index (χ0v) is 21.9. The van der Waals surface area contributed by atoms with Crippen molar-refractivity contribution in [3.8, 4) is 22.3 Å². The number of hydrogen-bond acceptors (Lipinski definition) is 6. The SMILES string of the molecule is CC(C)(C)OC(=O)N1CCC[C@H]1c1cc(-c2cnc(N)c(-c3ccncc3)c2)ccc1C1CCOCC1. The fraction of sp³-hybridized carbons (Fsp3) is 0.433. The highest BCUT2D eigenvalue weighted by Crippen LogP contribution is 2.42. The van der Waals surface area contributed by atoms with Crippen molar-refractivity contribution < 1.29 is 14.3 Å². The van der Waals surface area contributed by atoms with Crippen LogP contribution in [0.2, 0.25) is 0 Å². The molecule has 2 aromatic heterocycles. The van der Waals surface area contributed by atoms with E-state index in [0.29, 0.717) is 18.3 Å². The number of nitrogen functional groups attached to an aromatic ring is 1. The summed E-state index contributed by atoms with van der Waals surface area (Å²) >= 11 is 0. The molecule has 37 heavy (non-hydrogen) atoms. The summed E-state index contributed by atoms with van der Waals surface area (Å²) in [5, 5.41) is 0. The molecular weight excluding hydrogens is 464 g/mol. The number of hydrogen-bond donors (Lipinski definition) is 1. The topological polar surface area (TPSA) is 90.6 Å². The summed E-state index contributed by atoms with van der Waals surface area (Å²) in [5.74, 6) is 0.900. The number of ether oxygens (including phenoxy) is 2. The maximum Gasteiger partial charge on any atom is 0.410 e. The van der Waals surface area contributed by atoms with E-state index in [9.17, 15) is 4.79 Å². The van der Waals surface area contributed by atoms with Gasteiger partial charge in [0.15, 0.2) is 0 Å². The van der Waals surface area contributed by atoms with E-state index >= 15 is 0 Å². The molecule has 0 radical (unpaired) electrons. The van der Waals surface area contributed by atoms with Gasteiger partial charge in [-0.1, -0.05) is 12.1 Å². The van der Waals surface area contributed by atoms with Crippen LogP contribution in [0.15, 0.2) is 55.0 Å². The van der Waals surface area contributed by atoms with Crippen molar-refractivity contribution in [2.75, 3.05) is 25.5 Å². The van der Waals surface area contributed by atoms with E-state index in [2.05, 4.69) is 34.2 Å². The number of rotatable bonds is 4. The number of aromatic nitrogens is 2. The lowest BCUT2D eigenvalue weighted by Gasteiger charge is -2.32. The molecule has 0 aliphatic carbocycles. The third-order valence-corrected chi connectivity index (χ3v) is 7.23. The molecular formula is C30H36N4O3. The maximum atomic E-state index is 13.2. The molecule has 194 valence electrons. The highest BCUT2D eigenvalue weighted by Gasteiger charge is 2.35. The first kappa shape index (κ1) is 25.2. The zero-order valence-electron chi connectivity index (χ0n) is 21.9. The molecule has 2 N–H and O–H groups in total. The number of nitrogens with two attached hydrogens (primary N) is 1. The Morgan fingerprint density at radius 2 is 1.76 bits per heavy atom. The molecule has 5 rings (SSSR count). The summed E-state index contributed by atoms with van der Waals surface area (Å²) in [6.07, 6.45) is 8.95. The fourth-order valence-corrected chi connectivity index (χ4v) is 5.45. The Hall–Kier alpha value is -3.45. The molecule has 0 bridgehead atoms. The lowest BCUT2D eigenvalue weighted by atomic mass is 9.83. The maximum absolute atomic E-state index is 13.2. The average molecular weight is 501 g/mol. The Balaban J connectivity index is 1.56. The highest BCUT2D eigenvalue weighted by molar-refractivity contribution is 5.79. The summed E-state index contributed by atoms with van der Waals surface area (Å²) in [7, 11) is 0. The van der Waals surface area contributed by atoms with E-state index in [-0.39, 0.29) is 12.1 Å². The van der Waals surface area contributed by atoms with Crippen LogP contribution in [0.4, 0.5) is 10.6 Å². The van der Waals surface area contributed by atoms with Crippen LogP contribution in [0.5, 0.6) is 0 Å². The second kappa shape index (κ2) is 10.5. The second-order valence-corrected chi connectivity index (χ2v) is 11.0. The van der Waals surface area contributed by atoms with E-state index in [1.54, 1.807) is 12.4 Å². The third-order valence-electron chi connectivity index (χ3n) is 7.23. The number of carbonyl (C=O) groups excluding carboxylic acids is 1. The zero-order chi connectivity index (χ0) is 26.0. The van der Waals surface area contributed by atoms with E-state index in [1.807, 2.05) is 44.0 Å². The van der Waals surface area contributed by atoms with Gasteiger partial charge in [0, 0.05) is 49.5 Å². The van der Waals surface area contributed by atoms with Crippen LogP contribution >= 0.6 is 0 Å². The number of pyridine rings is 2. The Morgan fingerprint density at radius 3 is 2.49 bits per heavy atom. The normalized spacial score (nSPS) is 18.7. The van der Waals surface area contributed by atoms with Gasteiger partial charge < -0.3 is 20.1 Å². The van der Waals surface area contributed by atoms with Gasteiger partial charge in [-0.25, -0.2) is 9.78 Å². The van der Waals surface area contributed by atoms with Crippen molar-refractivity contribution in [2.45, 2.75) is 64.0 Å². The van der Waals surface area contributed by atoms with Gasteiger partial charge in [0.25, 0.3) is 0 Å². The van der Waals surface area contributed by atoms with Crippen molar-refractivity contribution >= 4 is 11.9 Å². The standard InChI is InChI=1S/C30H36N4O3/c1-30(2,3)37-29(35)34-14-4-5-27(34)26-17-22(6-7-24(26)21-10-15-36-16-11-21)23-18-25(28(31)33-19-23)20-8-12-32-13-9-20/h6-9,12-13,17-19,21,27H,4-5,10-11,14-16H2,1-3H3,(H2,31,33)/t27-/m0/s1. The predicted octanol–water partition coefficient (Wildman–Crippen LogP) is 6.36. The molecule has 1 atom stereocenters. The van der Waals surface area contributed by atoms with Crippen LogP contribution in [0.3, 0.4) is 0 Å². The van der Waals surface area contributed by atoms with E-state index in [1.165, 1.54) is 11.1 Å². The monoisotopic (exact) mass is 500 g/mol. The van der Waals surface area contributed by atoms with Crippen LogP contribution in [0.25, 0.3) is 22.3 Å². The van der Waals surface area contributed by atoms with Crippen molar-refractivity contribution in [3.63, 3.8) is 0 Å². The number of anilines is 1. The summed E-state index contributed by atoms with van der Waals surface area (Å²) in [6, 6.07) is 12.6. The summed E-state index contributed by atoms with van der Waals surface area (Å²) in [6.45, 7) is 7.98. The van der Waals surface area contributed by atoms with E-state index in [4.69, 9.17) is 15.2 Å². The molecule has 4 heterocycles. The van der Waals surface area contributed by atoms with Crippen LogP contribution in [-0.4, -0.2) is 46.3 Å². The van der Waals surface area contributed by atoms with Crippen molar-refractivity contribution in [3.05, 3.63) is 66.1 Å². The summed E-state index contributed by atoms with van der Waals surface area (Å²) in [4.78, 5) is 23.7. The Bertz CT molecular complexity index is 1250. The van der Waals surface area contributed by atoms with E-state index < -0.39 is 5.60 Å². The van der Waals surface area contributed by atoms with Gasteiger partial charge in [-0.2, -0.15) is 0 Å². The van der Waals surface area contributed by atoms with Crippen LogP contribution in [-0.2, 0) is 9.47 Å². The van der Waals surface area contributed by atoms with Crippen LogP contribution < -0.4 is 5.73 Å². The van der Waals surface area contributed by atoms with Crippen molar-refractivity contribution in [1.29, 1.82) is 0 Å².